The van der Waals surface area contributed by atoms with Crippen molar-refractivity contribution < 1.29 is 18.5 Å². The van der Waals surface area contributed by atoms with Gasteiger partial charge in [0.1, 0.15) is 11.9 Å². The van der Waals surface area contributed by atoms with Gasteiger partial charge in [0, 0.05) is 11.6 Å². The summed E-state index contributed by atoms with van der Waals surface area (Å²) < 4.78 is 18.2. The summed E-state index contributed by atoms with van der Waals surface area (Å²) in [4.78, 5) is 31.6. The largest absolute Gasteiger partial charge is 0.339 e. The summed E-state index contributed by atoms with van der Waals surface area (Å²) in [6, 6.07) is 4.25. The zero-order valence-electron chi connectivity index (χ0n) is 13.6. The van der Waals surface area contributed by atoms with Crippen molar-refractivity contribution in [3.05, 3.63) is 41.8 Å². The van der Waals surface area contributed by atoms with Crippen molar-refractivity contribution >= 4 is 17.6 Å². The molecule has 0 unspecified atom stereocenters. The van der Waals surface area contributed by atoms with Crippen LogP contribution in [0.2, 0.25) is 0 Å². The molecule has 0 N–H and O–H groups in total. The third-order valence-corrected chi connectivity index (χ3v) is 3.83. The lowest BCUT2D eigenvalue weighted by molar-refractivity contribution is -0.127. The molecule has 1 atom stereocenters. The second kappa shape index (κ2) is 6.03. The molecule has 7 nitrogen and oxygen atoms in total. The number of carbonyl (C=O) groups excluding carboxylic acids is 2. The molecule has 126 valence electrons. The summed E-state index contributed by atoms with van der Waals surface area (Å²) in [7, 11) is 0. The Morgan fingerprint density at radius 3 is 2.50 bits per heavy atom. The van der Waals surface area contributed by atoms with Crippen LogP contribution in [0, 0.1) is 5.82 Å². The number of hydrogen-bond donors (Lipinski definition) is 0. The summed E-state index contributed by atoms with van der Waals surface area (Å²) in [6.07, 6.45) is 0. The van der Waals surface area contributed by atoms with E-state index < -0.39 is 17.9 Å². The minimum atomic E-state index is -0.681. The maximum absolute atomic E-state index is 13.1. The van der Waals surface area contributed by atoms with E-state index in [1.54, 1.807) is 6.92 Å². The molecule has 1 aromatic carbocycles. The second-order valence-corrected chi connectivity index (χ2v) is 5.93. The molecular weight excluding hydrogens is 315 g/mol. The van der Waals surface area contributed by atoms with Gasteiger partial charge in [-0.1, -0.05) is 19.0 Å². The second-order valence-electron chi connectivity index (χ2n) is 5.93. The van der Waals surface area contributed by atoms with Gasteiger partial charge in [-0.05, 0) is 31.2 Å². The number of carbonyl (C=O) groups is 2. The van der Waals surface area contributed by atoms with Crippen LogP contribution in [0.3, 0.4) is 0 Å². The highest BCUT2D eigenvalue weighted by Gasteiger charge is 2.43. The standard InChI is InChI=1S/C16H17FN4O3/c1-9(2)14-18-13(19-24-14)8-20-15(22)10(3)21(16(20)23)12-6-4-11(17)5-7-12/h4-7,9-10H,8H2,1-3H3/t10-/m0/s1. The van der Waals surface area contributed by atoms with Crippen LogP contribution in [0.1, 0.15) is 38.4 Å². The van der Waals surface area contributed by atoms with E-state index >= 15 is 0 Å². The van der Waals surface area contributed by atoms with E-state index in [0.29, 0.717) is 11.6 Å². The molecule has 3 amide bonds. The Kier molecular flexibility index (Phi) is 4.04. The summed E-state index contributed by atoms with van der Waals surface area (Å²) in [5.74, 6) is 0.0152. The summed E-state index contributed by atoms with van der Waals surface area (Å²) in [6.45, 7) is 5.37. The van der Waals surface area contributed by atoms with Crippen LogP contribution in [0.15, 0.2) is 28.8 Å². The van der Waals surface area contributed by atoms with Gasteiger partial charge in [0.15, 0.2) is 5.82 Å². The van der Waals surface area contributed by atoms with Crippen molar-refractivity contribution in [3.8, 4) is 0 Å². The number of rotatable bonds is 4. The van der Waals surface area contributed by atoms with E-state index in [0.717, 1.165) is 4.90 Å². The number of nitrogens with zero attached hydrogens (tertiary/aromatic N) is 4. The minimum absolute atomic E-state index is 0.0596. The van der Waals surface area contributed by atoms with Crippen molar-refractivity contribution in [1.82, 2.24) is 15.0 Å². The van der Waals surface area contributed by atoms with Gasteiger partial charge in [-0.3, -0.25) is 14.6 Å². The van der Waals surface area contributed by atoms with Gasteiger partial charge in [-0.15, -0.1) is 0 Å². The van der Waals surface area contributed by atoms with Crippen molar-refractivity contribution in [1.29, 1.82) is 0 Å². The lowest BCUT2D eigenvalue weighted by Crippen LogP contribution is -2.33. The molecule has 2 heterocycles. The maximum atomic E-state index is 13.1. The van der Waals surface area contributed by atoms with Gasteiger partial charge in [0.2, 0.25) is 5.89 Å². The fourth-order valence-corrected chi connectivity index (χ4v) is 2.51. The molecular formula is C16H17FN4O3. The van der Waals surface area contributed by atoms with Gasteiger partial charge >= 0.3 is 6.03 Å². The van der Waals surface area contributed by atoms with Gasteiger partial charge in [0.25, 0.3) is 5.91 Å². The molecule has 1 fully saturated rings. The molecule has 1 saturated heterocycles. The third-order valence-electron chi connectivity index (χ3n) is 3.83. The first-order chi connectivity index (χ1) is 11.4. The van der Waals surface area contributed by atoms with Crippen LogP contribution in [0.25, 0.3) is 0 Å². The molecule has 0 aliphatic carbocycles. The van der Waals surface area contributed by atoms with E-state index in [-0.39, 0.29) is 24.2 Å². The maximum Gasteiger partial charge on any atom is 0.332 e. The minimum Gasteiger partial charge on any atom is -0.339 e. The van der Waals surface area contributed by atoms with Gasteiger partial charge in [-0.2, -0.15) is 4.98 Å². The predicted octanol–water partition coefficient (Wildman–Crippen LogP) is 2.69. The van der Waals surface area contributed by atoms with Gasteiger partial charge < -0.3 is 4.52 Å². The molecule has 24 heavy (non-hydrogen) atoms. The normalized spacial score (nSPS) is 18.1. The molecule has 2 aromatic rings. The van der Waals surface area contributed by atoms with Gasteiger partial charge in [0.05, 0.1) is 6.54 Å². The Bertz CT molecular complexity index is 772. The molecule has 8 heteroatoms. The Morgan fingerprint density at radius 2 is 1.92 bits per heavy atom. The number of aromatic nitrogens is 2. The smallest absolute Gasteiger partial charge is 0.332 e. The number of urea groups is 1. The van der Waals surface area contributed by atoms with E-state index in [1.165, 1.54) is 29.2 Å². The summed E-state index contributed by atoms with van der Waals surface area (Å²) >= 11 is 0. The van der Waals surface area contributed by atoms with Crippen LogP contribution < -0.4 is 4.90 Å². The van der Waals surface area contributed by atoms with Crippen LogP contribution in [0.5, 0.6) is 0 Å². The third kappa shape index (κ3) is 2.75. The Labute approximate surface area is 138 Å². The molecule has 0 radical (unpaired) electrons. The lowest BCUT2D eigenvalue weighted by atomic mass is 10.2. The highest BCUT2D eigenvalue weighted by molar-refractivity contribution is 6.13. The van der Waals surface area contributed by atoms with Crippen molar-refractivity contribution in [3.63, 3.8) is 0 Å². The SMILES string of the molecule is CC(C)c1nc(CN2C(=O)[C@H](C)N(c3ccc(F)cc3)C2=O)no1. The molecule has 1 aliphatic rings. The average Bonchev–Trinajstić information content (AvgIpc) is 3.09. The predicted molar refractivity (Wildman–Crippen MR) is 82.7 cm³/mol. The molecule has 3 rings (SSSR count). The lowest BCUT2D eigenvalue weighted by Gasteiger charge is -2.19. The molecule has 0 spiro atoms. The van der Waals surface area contributed by atoms with Crippen LogP contribution in [-0.2, 0) is 11.3 Å². The zero-order valence-corrected chi connectivity index (χ0v) is 13.6. The molecule has 0 saturated carbocycles. The molecule has 0 bridgehead atoms. The number of imide groups is 1. The van der Waals surface area contributed by atoms with Crippen LogP contribution in [0.4, 0.5) is 14.9 Å². The molecule has 1 aromatic heterocycles. The first-order valence-corrected chi connectivity index (χ1v) is 7.61. The summed E-state index contributed by atoms with van der Waals surface area (Å²) in [5.41, 5.74) is 0.459. The van der Waals surface area contributed by atoms with E-state index in [1.807, 2.05) is 13.8 Å². The number of halogens is 1. The van der Waals surface area contributed by atoms with Crippen molar-refractivity contribution in [2.75, 3.05) is 4.90 Å². The first-order valence-electron chi connectivity index (χ1n) is 7.61. The monoisotopic (exact) mass is 332 g/mol. The van der Waals surface area contributed by atoms with E-state index in [4.69, 9.17) is 4.52 Å². The van der Waals surface area contributed by atoms with Crippen LogP contribution >= 0.6 is 0 Å². The quantitative estimate of drug-likeness (QED) is 0.804. The highest BCUT2D eigenvalue weighted by Crippen LogP contribution is 2.27. The van der Waals surface area contributed by atoms with Crippen LogP contribution in [-0.4, -0.2) is 33.0 Å². The first kappa shape index (κ1) is 16.1. The molecule has 1 aliphatic heterocycles. The number of anilines is 1. The average molecular weight is 332 g/mol. The topological polar surface area (TPSA) is 79.5 Å². The number of amides is 3. The zero-order chi connectivity index (χ0) is 17.4. The fourth-order valence-electron chi connectivity index (χ4n) is 2.51. The number of benzene rings is 1. The van der Waals surface area contributed by atoms with Crippen molar-refractivity contribution in [2.24, 2.45) is 0 Å². The Morgan fingerprint density at radius 1 is 1.25 bits per heavy atom. The van der Waals surface area contributed by atoms with E-state index in [2.05, 4.69) is 10.1 Å². The summed E-state index contributed by atoms with van der Waals surface area (Å²) in [5, 5.41) is 3.80. The van der Waals surface area contributed by atoms with Crippen molar-refractivity contribution in [2.45, 2.75) is 39.3 Å². The Hall–Kier alpha value is -2.77. The fraction of sp³-hybridized carbons (Fsp3) is 0.375. The highest BCUT2D eigenvalue weighted by atomic mass is 19.1. The Balaban J connectivity index is 1.83. The van der Waals surface area contributed by atoms with Gasteiger partial charge in [-0.25, -0.2) is 9.18 Å². The van der Waals surface area contributed by atoms with E-state index in [9.17, 15) is 14.0 Å². The number of hydrogen-bond acceptors (Lipinski definition) is 5.